The summed E-state index contributed by atoms with van der Waals surface area (Å²) in [5.41, 5.74) is -2.05. The van der Waals surface area contributed by atoms with Crippen molar-refractivity contribution in [3.8, 4) is 16.9 Å². The molecule has 0 amide bonds. The Kier molecular flexibility index (Phi) is 4.53. The molecule has 0 saturated carbocycles. The Balaban J connectivity index is 1.81. The zero-order valence-electron chi connectivity index (χ0n) is 15.3. The Hall–Kier alpha value is -3.00. The van der Waals surface area contributed by atoms with Gasteiger partial charge in [-0.05, 0) is 48.4 Å². The number of aryl methyl sites for hydroxylation is 1. The quantitative estimate of drug-likeness (QED) is 0.314. The molecule has 4 nitrogen and oxygen atoms in total. The third-order valence-corrected chi connectivity index (χ3v) is 5.72. The molecule has 0 saturated heterocycles. The lowest BCUT2D eigenvalue weighted by atomic mass is 10.0. The number of hydrogen-bond donors (Lipinski definition) is 0. The lowest BCUT2D eigenvalue weighted by Gasteiger charge is -2.10. The number of para-hydroxylation sites is 1. The SMILES string of the molecule is CCn1c2ccccc2c2cc(-c3cccc(OS(=O)(=O)C(F)(F)F)c3)ccc21. The van der Waals surface area contributed by atoms with E-state index in [1.165, 1.54) is 18.2 Å². The second kappa shape index (κ2) is 6.81. The molecule has 1 aromatic heterocycles. The Bertz CT molecular complexity index is 1320. The lowest BCUT2D eigenvalue weighted by molar-refractivity contribution is -0.0500. The third kappa shape index (κ3) is 3.33. The van der Waals surface area contributed by atoms with E-state index in [2.05, 4.69) is 15.7 Å². The molecule has 8 heteroatoms. The van der Waals surface area contributed by atoms with E-state index in [1.54, 1.807) is 6.07 Å². The highest BCUT2D eigenvalue weighted by atomic mass is 32.2. The molecule has 3 aromatic carbocycles. The van der Waals surface area contributed by atoms with Gasteiger partial charge >= 0.3 is 15.6 Å². The van der Waals surface area contributed by atoms with Crippen LogP contribution in [0.5, 0.6) is 5.75 Å². The van der Waals surface area contributed by atoms with Gasteiger partial charge in [-0.15, -0.1) is 0 Å². The molecule has 0 atom stereocenters. The summed E-state index contributed by atoms with van der Waals surface area (Å²) in [4.78, 5) is 0. The summed E-state index contributed by atoms with van der Waals surface area (Å²) in [5, 5.41) is 2.08. The van der Waals surface area contributed by atoms with Gasteiger partial charge in [-0.25, -0.2) is 0 Å². The molecule has 29 heavy (non-hydrogen) atoms. The van der Waals surface area contributed by atoms with Gasteiger partial charge in [0, 0.05) is 28.4 Å². The van der Waals surface area contributed by atoms with Crippen LogP contribution in [0.3, 0.4) is 0 Å². The van der Waals surface area contributed by atoms with Crippen molar-refractivity contribution in [2.24, 2.45) is 0 Å². The van der Waals surface area contributed by atoms with Gasteiger partial charge in [0.2, 0.25) is 0 Å². The Morgan fingerprint density at radius 2 is 1.55 bits per heavy atom. The first-order valence-corrected chi connectivity index (χ1v) is 10.2. The van der Waals surface area contributed by atoms with Gasteiger partial charge in [0.05, 0.1) is 0 Å². The monoisotopic (exact) mass is 419 g/mol. The summed E-state index contributed by atoms with van der Waals surface area (Å²) in [6.07, 6.45) is 0. The van der Waals surface area contributed by atoms with Crippen molar-refractivity contribution < 1.29 is 25.8 Å². The van der Waals surface area contributed by atoms with Crippen LogP contribution < -0.4 is 4.18 Å². The summed E-state index contributed by atoms with van der Waals surface area (Å²) < 4.78 is 66.7. The van der Waals surface area contributed by atoms with Gasteiger partial charge in [-0.3, -0.25) is 0 Å². The van der Waals surface area contributed by atoms with E-state index in [4.69, 9.17) is 0 Å². The smallest absolute Gasteiger partial charge is 0.376 e. The molecular formula is C21H16F3NO3S. The zero-order chi connectivity index (χ0) is 20.8. The first-order valence-electron chi connectivity index (χ1n) is 8.83. The zero-order valence-corrected chi connectivity index (χ0v) is 16.1. The van der Waals surface area contributed by atoms with Crippen molar-refractivity contribution in [1.29, 1.82) is 0 Å². The Morgan fingerprint density at radius 3 is 2.28 bits per heavy atom. The largest absolute Gasteiger partial charge is 0.534 e. The van der Waals surface area contributed by atoms with E-state index in [-0.39, 0.29) is 0 Å². The Labute approximate surface area is 165 Å². The average molecular weight is 419 g/mol. The molecule has 0 spiro atoms. The molecule has 4 aromatic rings. The first-order chi connectivity index (χ1) is 13.7. The minimum absolute atomic E-state index is 0.393. The number of halogens is 3. The van der Waals surface area contributed by atoms with Crippen LogP contribution in [0.25, 0.3) is 32.9 Å². The lowest BCUT2D eigenvalue weighted by Crippen LogP contribution is -2.28. The van der Waals surface area contributed by atoms with E-state index >= 15 is 0 Å². The van der Waals surface area contributed by atoms with Crippen molar-refractivity contribution in [2.45, 2.75) is 19.0 Å². The molecule has 0 N–H and O–H groups in total. The number of alkyl halides is 3. The van der Waals surface area contributed by atoms with Crippen LogP contribution >= 0.6 is 0 Å². The van der Waals surface area contributed by atoms with Gasteiger partial charge < -0.3 is 8.75 Å². The molecule has 0 radical (unpaired) electrons. The molecule has 4 rings (SSSR count). The molecule has 0 aliphatic rings. The second-order valence-corrected chi connectivity index (χ2v) is 8.04. The van der Waals surface area contributed by atoms with Crippen molar-refractivity contribution in [3.05, 3.63) is 66.7 Å². The van der Waals surface area contributed by atoms with Crippen LogP contribution in [-0.4, -0.2) is 18.5 Å². The highest BCUT2D eigenvalue weighted by Crippen LogP contribution is 2.34. The number of benzene rings is 3. The molecule has 0 bridgehead atoms. The fourth-order valence-corrected chi connectivity index (χ4v) is 3.93. The molecular weight excluding hydrogens is 403 g/mol. The topological polar surface area (TPSA) is 48.3 Å². The third-order valence-electron chi connectivity index (χ3n) is 4.75. The van der Waals surface area contributed by atoms with Crippen LogP contribution in [0.2, 0.25) is 0 Å². The molecule has 1 heterocycles. The van der Waals surface area contributed by atoms with Crippen LogP contribution in [0.4, 0.5) is 13.2 Å². The second-order valence-electron chi connectivity index (χ2n) is 6.50. The van der Waals surface area contributed by atoms with E-state index < -0.39 is 21.4 Å². The maximum absolute atomic E-state index is 12.6. The van der Waals surface area contributed by atoms with Crippen molar-refractivity contribution >= 4 is 31.9 Å². The maximum Gasteiger partial charge on any atom is 0.534 e. The molecule has 0 aliphatic carbocycles. The minimum atomic E-state index is -5.72. The maximum atomic E-state index is 12.6. The predicted molar refractivity (Wildman–Crippen MR) is 106 cm³/mol. The first kappa shape index (κ1) is 19.3. The van der Waals surface area contributed by atoms with Crippen LogP contribution in [0, 0.1) is 0 Å². The average Bonchev–Trinajstić information content (AvgIpc) is 3.00. The van der Waals surface area contributed by atoms with E-state index in [0.717, 1.165) is 33.9 Å². The Morgan fingerprint density at radius 1 is 0.862 bits per heavy atom. The standard InChI is InChI=1S/C21H16F3NO3S/c1-2-25-19-9-4-3-8-17(19)18-13-15(10-11-20(18)25)14-6-5-7-16(12-14)28-29(26,27)21(22,23)24/h3-13H,2H2,1H3. The molecule has 150 valence electrons. The minimum Gasteiger partial charge on any atom is -0.376 e. The molecule has 0 fully saturated rings. The molecule has 0 unspecified atom stereocenters. The number of aromatic nitrogens is 1. The highest BCUT2D eigenvalue weighted by Gasteiger charge is 2.48. The fourth-order valence-electron chi connectivity index (χ4n) is 3.48. The summed E-state index contributed by atoms with van der Waals surface area (Å²) in [6.45, 7) is 2.85. The van der Waals surface area contributed by atoms with Gasteiger partial charge in [0.15, 0.2) is 0 Å². The van der Waals surface area contributed by atoms with Crippen molar-refractivity contribution in [3.63, 3.8) is 0 Å². The normalized spacial score (nSPS) is 12.6. The summed E-state index contributed by atoms with van der Waals surface area (Å²) in [6, 6.07) is 19.3. The summed E-state index contributed by atoms with van der Waals surface area (Å²) >= 11 is 0. The number of rotatable bonds is 4. The van der Waals surface area contributed by atoms with Crippen LogP contribution in [-0.2, 0) is 16.7 Å². The molecule has 0 aliphatic heterocycles. The number of hydrogen-bond acceptors (Lipinski definition) is 3. The highest BCUT2D eigenvalue weighted by molar-refractivity contribution is 7.88. The van der Waals surface area contributed by atoms with E-state index in [9.17, 15) is 21.6 Å². The van der Waals surface area contributed by atoms with Crippen LogP contribution in [0.15, 0.2) is 66.7 Å². The van der Waals surface area contributed by atoms with Crippen molar-refractivity contribution in [1.82, 2.24) is 4.57 Å². The van der Waals surface area contributed by atoms with Gasteiger partial charge in [0.1, 0.15) is 5.75 Å². The number of nitrogens with zero attached hydrogens (tertiary/aromatic N) is 1. The predicted octanol–water partition coefficient (Wildman–Crippen LogP) is 5.71. The van der Waals surface area contributed by atoms with Crippen molar-refractivity contribution in [2.75, 3.05) is 0 Å². The van der Waals surface area contributed by atoms with Crippen LogP contribution in [0.1, 0.15) is 6.92 Å². The fraction of sp³-hybridized carbons (Fsp3) is 0.143. The summed E-state index contributed by atoms with van der Waals surface area (Å²) in [7, 11) is -5.72. The van der Waals surface area contributed by atoms with E-state index in [1.807, 2.05) is 42.5 Å². The summed E-state index contributed by atoms with van der Waals surface area (Å²) in [5.74, 6) is -0.393. The number of fused-ring (bicyclic) bond motifs is 3. The van der Waals surface area contributed by atoms with Gasteiger partial charge in [-0.1, -0.05) is 36.4 Å². The van der Waals surface area contributed by atoms with Gasteiger partial charge in [0.25, 0.3) is 0 Å². The van der Waals surface area contributed by atoms with E-state index in [0.29, 0.717) is 5.56 Å². The van der Waals surface area contributed by atoms with Gasteiger partial charge in [-0.2, -0.15) is 21.6 Å².